The van der Waals surface area contributed by atoms with Crippen molar-refractivity contribution < 1.29 is 18.6 Å². The second kappa shape index (κ2) is 6.25. The predicted octanol–water partition coefficient (Wildman–Crippen LogP) is 2.10. The molecule has 2 aromatic rings. The second-order valence-corrected chi connectivity index (χ2v) is 4.31. The summed E-state index contributed by atoms with van der Waals surface area (Å²) in [5, 5.41) is 0. The van der Waals surface area contributed by atoms with E-state index in [0.717, 1.165) is 17.3 Å². The summed E-state index contributed by atoms with van der Waals surface area (Å²) in [7, 11) is 3.15. The molecule has 7 heteroatoms. The monoisotopic (exact) mass is 293 g/mol. The van der Waals surface area contributed by atoms with Crippen molar-refractivity contribution in [3.05, 3.63) is 35.3 Å². The Morgan fingerprint density at radius 1 is 1.19 bits per heavy atom. The summed E-state index contributed by atoms with van der Waals surface area (Å²) in [6.45, 7) is 2.06. The molecule has 0 aliphatic heterocycles. The largest absolute Gasteiger partial charge is 0.496 e. The summed E-state index contributed by atoms with van der Waals surface area (Å²) in [6, 6.07) is 3.65. The molecule has 112 valence electrons. The molecule has 0 saturated heterocycles. The number of rotatable bonds is 5. The highest BCUT2D eigenvalue weighted by Crippen LogP contribution is 2.28. The van der Waals surface area contributed by atoms with Crippen LogP contribution in [0.5, 0.6) is 17.5 Å². The van der Waals surface area contributed by atoms with Gasteiger partial charge in [0.05, 0.1) is 20.4 Å². The van der Waals surface area contributed by atoms with E-state index in [0.29, 0.717) is 11.5 Å². The molecule has 0 bridgehead atoms. The van der Waals surface area contributed by atoms with Crippen LogP contribution in [0.3, 0.4) is 0 Å². The number of hydrogen-bond donors (Lipinski definition) is 1. The first-order valence-electron chi connectivity index (χ1n) is 6.17. The van der Waals surface area contributed by atoms with Crippen molar-refractivity contribution in [1.82, 2.24) is 9.97 Å². The average molecular weight is 293 g/mol. The van der Waals surface area contributed by atoms with Crippen LogP contribution in [0, 0.1) is 12.7 Å². The first-order valence-corrected chi connectivity index (χ1v) is 6.17. The van der Waals surface area contributed by atoms with Gasteiger partial charge in [0.1, 0.15) is 18.1 Å². The molecule has 0 aliphatic carbocycles. The zero-order valence-corrected chi connectivity index (χ0v) is 12.0. The van der Waals surface area contributed by atoms with Gasteiger partial charge in [-0.15, -0.1) is 0 Å². The van der Waals surface area contributed by atoms with Crippen LogP contribution in [0.25, 0.3) is 0 Å². The number of methoxy groups -OCH3 is 2. The van der Waals surface area contributed by atoms with E-state index in [-0.39, 0.29) is 18.4 Å². The van der Waals surface area contributed by atoms with Gasteiger partial charge in [0, 0.05) is 5.56 Å². The fraction of sp³-hybridized carbons (Fsp3) is 0.286. The lowest BCUT2D eigenvalue weighted by Gasteiger charge is -2.13. The molecule has 0 atom stereocenters. The maximum atomic E-state index is 13.0. The number of hydrogen-bond acceptors (Lipinski definition) is 6. The summed E-state index contributed by atoms with van der Waals surface area (Å²) < 4.78 is 28.9. The van der Waals surface area contributed by atoms with E-state index in [1.165, 1.54) is 0 Å². The van der Waals surface area contributed by atoms with Gasteiger partial charge in [-0.1, -0.05) is 0 Å². The van der Waals surface area contributed by atoms with Crippen molar-refractivity contribution in [2.45, 2.75) is 13.5 Å². The number of nitrogens with zero attached hydrogens (tertiary/aromatic N) is 2. The van der Waals surface area contributed by atoms with E-state index in [1.807, 2.05) is 13.0 Å². The molecule has 0 fully saturated rings. The van der Waals surface area contributed by atoms with E-state index in [2.05, 4.69) is 9.97 Å². The number of nitrogen functional groups attached to an aromatic ring is 1. The Kier molecular flexibility index (Phi) is 4.42. The third-order valence-corrected chi connectivity index (χ3v) is 2.90. The Morgan fingerprint density at radius 2 is 1.90 bits per heavy atom. The summed E-state index contributed by atoms with van der Waals surface area (Å²) >= 11 is 0. The third kappa shape index (κ3) is 3.31. The van der Waals surface area contributed by atoms with Crippen LogP contribution in [-0.2, 0) is 6.61 Å². The van der Waals surface area contributed by atoms with Crippen molar-refractivity contribution in [2.75, 3.05) is 20.0 Å². The Morgan fingerprint density at radius 3 is 2.52 bits per heavy atom. The van der Waals surface area contributed by atoms with Gasteiger partial charge in [0.15, 0.2) is 11.6 Å². The quantitative estimate of drug-likeness (QED) is 0.909. The third-order valence-electron chi connectivity index (χ3n) is 2.90. The van der Waals surface area contributed by atoms with Gasteiger partial charge in [-0.25, -0.2) is 9.37 Å². The molecule has 0 amide bonds. The van der Waals surface area contributed by atoms with Crippen molar-refractivity contribution in [1.29, 1.82) is 0 Å². The maximum absolute atomic E-state index is 13.0. The van der Waals surface area contributed by atoms with Crippen LogP contribution < -0.4 is 19.9 Å². The molecule has 1 heterocycles. The summed E-state index contributed by atoms with van der Waals surface area (Å²) in [6.07, 6.45) is 0.963. The van der Waals surface area contributed by atoms with Gasteiger partial charge in [-0.05, 0) is 24.6 Å². The molecule has 0 saturated carbocycles. The minimum atomic E-state index is -0.683. The number of nitrogens with two attached hydrogens (primary N) is 1. The molecule has 0 unspecified atom stereocenters. The zero-order chi connectivity index (χ0) is 15.4. The van der Waals surface area contributed by atoms with Crippen LogP contribution in [0.4, 0.5) is 10.2 Å². The van der Waals surface area contributed by atoms with E-state index in [9.17, 15) is 4.39 Å². The van der Waals surface area contributed by atoms with Gasteiger partial charge < -0.3 is 19.9 Å². The number of ether oxygens (including phenoxy) is 3. The number of anilines is 1. The molecule has 2 N–H and O–H groups in total. The Hall–Kier alpha value is -2.57. The van der Waals surface area contributed by atoms with Crippen LogP contribution in [0.2, 0.25) is 0 Å². The van der Waals surface area contributed by atoms with Crippen molar-refractivity contribution in [2.24, 2.45) is 0 Å². The molecule has 0 aliphatic rings. The molecule has 2 rings (SSSR count). The van der Waals surface area contributed by atoms with E-state index in [4.69, 9.17) is 19.9 Å². The molecule has 6 nitrogen and oxygen atoms in total. The fourth-order valence-electron chi connectivity index (χ4n) is 1.80. The Balaban J connectivity index is 2.20. The molecule has 0 radical (unpaired) electrons. The highest BCUT2D eigenvalue weighted by atomic mass is 19.1. The van der Waals surface area contributed by atoms with Gasteiger partial charge in [-0.2, -0.15) is 4.98 Å². The van der Waals surface area contributed by atoms with Gasteiger partial charge in [0.25, 0.3) is 0 Å². The van der Waals surface area contributed by atoms with E-state index >= 15 is 0 Å². The van der Waals surface area contributed by atoms with Crippen LogP contribution in [-0.4, -0.2) is 24.2 Å². The second-order valence-electron chi connectivity index (χ2n) is 4.31. The molecule has 1 aromatic heterocycles. The van der Waals surface area contributed by atoms with Crippen molar-refractivity contribution in [3.8, 4) is 17.5 Å². The topological polar surface area (TPSA) is 79.5 Å². The maximum Gasteiger partial charge on any atom is 0.318 e. The highest BCUT2D eigenvalue weighted by Gasteiger charge is 2.11. The zero-order valence-electron chi connectivity index (χ0n) is 12.0. The molecule has 1 aromatic carbocycles. The van der Waals surface area contributed by atoms with Crippen LogP contribution >= 0.6 is 0 Å². The highest BCUT2D eigenvalue weighted by molar-refractivity contribution is 5.45. The number of aryl methyl sites for hydroxylation is 1. The molecule has 0 spiro atoms. The summed E-state index contributed by atoms with van der Waals surface area (Å²) in [5.74, 6) is 0.433. The summed E-state index contributed by atoms with van der Waals surface area (Å²) in [5.41, 5.74) is 7.06. The lowest BCUT2D eigenvalue weighted by Crippen LogP contribution is -2.05. The average Bonchev–Trinajstić information content (AvgIpc) is 2.48. The smallest absolute Gasteiger partial charge is 0.318 e. The fourth-order valence-corrected chi connectivity index (χ4v) is 1.80. The Bertz CT molecular complexity index is 650. The van der Waals surface area contributed by atoms with Gasteiger partial charge in [-0.3, -0.25) is 0 Å². The molecular formula is C14H16FN3O3. The molecule has 21 heavy (non-hydrogen) atoms. The predicted molar refractivity (Wildman–Crippen MR) is 75.0 cm³/mol. The van der Waals surface area contributed by atoms with Crippen molar-refractivity contribution >= 4 is 5.82 Å². The SMILES string of the molecule is COc1cc(COc2ncc(F)c(N)n2)c(OC)cc1C. The Labute approximate surface area is 121 Å². The van der Waals surface area contributed by atoms with E-state index < -0.39 is 5.82 Å². The van der Waals surface area contributed by atoms with Crippen LogP contribution in [0.1, 0.15) is 11.1 Å². The minimum Gasteiger partial charge on any atom is -0.496 e. The van der Waals surface area contributed by atoms with Gasteiger partial charge >= 0.3 is 6.01 Å². The van der Waals surface area contributed by atoms with Crippen molar-refractivity contribution in [3.63, 3.8) is 0 Å². The van der Waals surface area contributed by atoms with Gasteiger partial charge in [0.2, 0.25) is 0 Å². The van der Waals surface area contributed by atoms with E-state index in [1.54, 1.807) is 20.3 Å². The lowest BCUT2D eigenvalue weighted by atomic mass is 10.1. The summed E-state index contributed by atoms with van der Waals surface area (Å²) in [4.78, 5) is 7.41. The normalized spacial score (nSPS) is 10.3. The number of benzene rings is 1. The number of halogens is 1. The first-order chi connectivity index (χ1) is 10.0. The van der Waals surface area contributed by atoms with Crippen LogP contribution in [0.15, 0.2) is 18.3 Å². The first kappa shape index (κ1) is 14.8. The number of aromatic nitrogens is 2. The molecular weight excluding hydrogens is 277 g/mol. The lowest BCUT2D eigenvalue weighted by molar-refractivity contribution is 0.272. The standard InChI is InChI=1S/C14H16FN3O3/c1-8-4-12(20-3)9(5-11(8)19-2)7-21-14-17-6-10(15)13(16)18-14/h4-6H,7H2,1-3H3,(H2,16,17,18). The minimum absolute atomic E-state index is 0.00417.